The maximum atomic E-state index is 8.92. The topological polar surface area (TPSA) is 41.5 Å². The van der Waals surface area contributed by atoms with Gasteiger partial charge in [-0.15, -0.1) is 6.58 Å². The highest BCUT2D eigenvalue weighted by Gasteiger charge is 2.04. The average Bonchev–Trinajstić information content (AvgIpc) is 2.25. The number of aliphatic hydroxyl groups is 1. The molecule has 0 bridgehead atoms. The van der Waals surface area contributed by atoms with E-state index in [4.69, 9.17) is 9.94 Å². The number of anilines is 1. The lowest BCUT2D eigenvalue weighted by molar-refractivity contribution is 0.0494. The zero-order valence-electron chi connectivity index (χ0n) is 8.02. The van der Waals surface area contributed by atoms with E-state index in [-0.39, 0.29) is 12.7 Å². The summed E-state index contributed by atoms with van der Waals surface area (Å²) in [5.74, 6) is 0. The van der Waals surface area contributed by atoms with Crippen LogP contribution in [0.25, 0.3) is 0 Å². The lowest BCUT2D eigenvalue weighted by Crippen LogP contribution is -2.20. The molecule has 1 aromatic rings. The molecule has 1 aromatic carbocycles. The summed E-state index contributed by atoms with van der Waals surface area (Å²) in [4.78, 5) is 5.25. The molecule has 0 aromatic heterocycles. The Kier molecular flexibility index (Phi) is 4.75. The lowest BCUT2D eigenvalue weighted by atomic mass is 10.3. The Bertz CT molecular complexity index is 261. The fourth-order valence-corrected chi connectivity index (χ4v) is 1.00. The van der Waals surface area contributed by atoms with Gasteiger partial charge in [0.05, 0.1) is 12.3 Å². The highest BCUT2D eigenvalue weighted by atomic mass is 16.7. The number of nitrogens with one attached hydrogen (secondary N) is 1. The number of benzene rings is 1. The maximum Gasteiger partial charge on any atom is 0.112 e. The number of aliphatic hydroxyl groups excluding tert-OH is 1. The first-order chi connectivity index (χ1) is 6.86. The van der Waals surface area contributed by atoms with Crippen LogP contribution in [0.5, 0.6) is 0 Å². The largest absolute Gasteiger partial charge is 0.394 e. The van der Waals surface area contributed by atoms with Gasteiger partial charge in [-0.3, -0.25) is 10.3 Å². The van der Waals surface area contributed by atoms with Crippen molar-refractivity contribution in [2.24, 2.45) is 0 Å². The molecule has 0 aliphatic heterocycles. The van der Waals surface area contributed by atoms with Crippen molar-refractivity contribution in [1.82, 2.24) is 0 Å². The summed E-state index contributed by atoms with van der Waals surface area (Å²) in [6.45, 7) is 3.56. The zero-order chi connectivity index (χ0) is 10.2. The molecule has 0 aliphatic carbocycles. The molecule has 0 saturated carbocycles. The monoisotopic (exact) mass is 193 g/mol. The van der Waals surface area contributed by atoms with Crippen LogP contribution in [0.15, 0.2) is 43.0 Å². The highest BCUT2D eigenvalue weighted by Crippen LogP contribution is 2.07. The number of rotatable bonds is 6. The minimum atomic E-state index is -0.243. The van der Waals surface area contributed by atoms with Crippen LogP contribution in [0.1, 0.15) is 6.42 Å². The number of hydrogen-bond acceptors (Lipinski definition) is 3. The van der Waals surface area contributed by atoms with Crippen LogP contribution in [-0.4, -0.2) is 17.8 Å². The molecule has 3 heteroatoms. The third-order valence-corrected chi connectivity index (χ3v) is 1.75. The summed E-state index contributed by atoms with van der Waals surface area (Å²) in [6.07, 6.45) is 2.09. The van der Waals surface area contributed by atoms with E-state index in [1.807, 2.05) is 30.3 Å². The van der Waals surface area contributed by atoms with Crippen LogP contribution >= 0.6 is 0 Å². The Morgan fingerprint density at radius 2 is 2.14 bits per heavy atom. The maximum absolute atomic E-state index is 8.92. The standard InChI is InChI=1S/C11H15NO2/c1-2-6-11(9-13)14-12-10-7-4-3-5-8-10/h2-5,7-8,11-13H,1,6,9H2. The molecule has 0 aliphatic rings. The van der Waals surface area contributed by atoms with Crippen molar-refractivity contribution in [1.29, 1.82) is 0 Å². The molecular weight excluding hydrogens is 178 g/mol. The van der Waals surface area contributed by atoms with E-state index in [2.05, 4.69) is 12.1 Å². The molecule has 2 N–H and O–H groups in total. The molecule has 76 valence electrons. The van der Waals surface area contributed by atoms with Crippen molar-refractivity contribution in [2.45, 2.75) is 12.5 Å². The Balaban J connectivity index is 2.35. The minimum Gasteiger partial charge on any atom is -0.394 e. The predicted molar refractivity (Wildman–Crippen MR) is 56.8 cm³/mol. The van der Waals surface area contributed by atoms with Crippen LogP contribution in [0.3, 0.4) is 0 Å². The van der Waals surface area contributed by atoms with Gasteiger partial charge in [0, 0.05) is 0 Å². The Hall–Kier alpha value is -1.32. The van der Waals surface area contributed by atoms with Gasteiger partial charge >= 0.3 is 0 Å². The van der Waals surface area contributed by atoms with Gasteiger partial charge in [-0.05, 0) is 18.6 Å². The third kappa shape index (κ3) is 3.60. The van der Waals surface area contributed by atoms with Crippen LogP contribution in [0, 0.1) is 0 Å². The molecule has 1 rings (SSSR count). The average molecular weight is 193 g/mol. The van der Waals surface area contributed by atoms with Crippen LogP contribution in [0.2, 0.25) is 0 Å². The first-order valence-corrected chi connectivity index (χ1v) is 4.55. The van der Waals surface area contributed by atoms with E-state index in [0.717, 1.165) is 5.69 Å². The van der Waals surface area contributed by atoms with Gasteiger partial charge in [-0.2, -0.15) is 0 Å². The minimum absolute atomic E-state index is 0.0220. The van der Waals surface area contributed by atoms with E-state index in [0.29, 0.717) is 6.42 Å². The van der Waals surface area contributed by atoms with Crippen molar-refractivity contribution < 1.29 is 9.94 Å². The highest BCUT2D eigenvalue weighted by molar-refractivity contribution is 5.40. The smallest absolute Gasteiger partial charge is 0.112 e. The summed E-state index contributed by atoms with van der Waals surface area (Å²) in [6, 6.07) is 9.53. The second-order valence-corrected chi connectivity index (χ2v) is 2.91. The SMILES string of the molecule is C=CCC(CO)ONc1ccccc1. The molecule has 1 atom stereocenters. The van der Waals surface area contributed by atoms with Crippen molar-refractivity contribution in [3.05, 3.63) is 43.0 Å². The van der Waals surface area contributed by atoms with E-state index in [1.54, 1.807) is 6.08 Å². The van der Waals surface area contributed by atoms with Crippen LogP contribution in [0.4, 0.5) is 5.69 Å². The molecule has 1 unspecified atom stereocenters. The molecule has 14 heavy (non-hydrogen) atoms. The quantitative estimate of drug-likeness (QED) is 0.536. The summed E-state index contributed by atoms with van der Waals surface area (Å²) in [5.41, 5.74) is 3.64. The molecule has 0 saturated heterocycles. The molecular formula is C11H15NO2. The van der Waals surface area contributed by atoms with Gasteiger partial charge in [0.1, 0.15) is 6.10 Å². The van der Waals surface area contributed by atoms with Gasteiger partial charge in [-0.1, -0.05) is 24.3 Å². The molecule has 0 heterocycles. The first kappa shape index (κ1) is 10.8. The van der Waals surface area contributed by atoms with Crippen LogP contribution in [-0.2, 0) is 4.84 Å². The van der Waals surface area contributed by atoms with Gasteiger partial charge in [0.25, 0.3) is 0 Å². The van der Waals surface area contributed by atoms with Crippen molar-refractivity contribution in [2.75, 3.05) is 12.1 Å². The normalized spacial score (nSPS) is 12.1. The van der Waals surface area contributed by atoms with Crippen molar-refractivity contribution >= 4 is 5.69 Å². The van der Waals surface area contributed by atoms with Gasteiger partial charge in [0.15, 0.2) is 0 Å². The van der Waals surface area contributed by atoms with E-state index >= 15 is 0 Å². The van der Waals surface area contributed by atoms with Crippen LogP contribution < -0.4 is 5.48 Å². The zero-order valence-corrected chi connectivity index (χ0v) is 8.02. The van der Waals surface area contributed by atoms with E-state index in [1.165, 1.54) is 0 Å². The molecule has 3 nitrogen and oxygen atoms in total. The Morgan fingerprint density at radius 3 is 2.71 bits per heavy atom. The fraction of sp³-hybridized carbons (Fsp3) is 0.273. The number of hydrogen-bond donors (Lipinski definition) is 2. The summed E-state index contributed by atoms with van der Waals surface area (Å²) in [7, 11) is 0. The number of para-hydroxylation sites is 1. The third-order valence-electron chi connectivity index (χ3n) is 1.75. The summed E-state index contributed by atoms with van der Waals surface area (Å²) in [5, 5.41) is 8.92. The van der Waals surface area contributed by atoms with Gasteiger partial charge in [-0.25, -0.2) is 0 Å². The fourth-order valence-electron chi connectivity index (χ4n) is 1.00. The van der Waals surface area contributed by atoms with Crippen molar-refractivity contribution in [3.63, 3.8) is 0 Å². The second-order valence-electron chi connectivity index (χ2n) is 2.91. The molecule has 0 fully saturated rings. The summed E-state index contributed by atoms with van der Waals surface area (Å²) < 4.78 is 0. The molecule has 0 amide bonds. The van der Waals surface area contributed by atoms with Crippen molar-refractivity contribution in [3.8, 4) is 0 Å². The Labute approximate surface area is 84.0 Å². The summed E-state index contributed by atoms with van der Waals surface area (Å²) >= 11 is 0. The van der Waals surface area contributed by atoms with Gasteiger partial charge < -0.3 is 5.11 Å². The Morgan fingerprint density at radius 1 is 1.43 bits per heavy atom. The molecule has 0 radical (unpaired) electrons. The van der Waals surface area contributed by atoms with E-state index < -0.39 is 0 Å². The predicted octanol–water partition coefficient (Wildman–Crippen LogP) is 1.97. The first-order valence-electron chi connectivity index (χ1n) is 4.55. The molecule has 0 spiro atoms. The van der Waals surface area contributed by atoms with E-state index in [9.17, 15) is 0 Å². The lowest BCUT2D eigenvalue weighted by Gasteiger charge is -2.14. The second kappa shape index (κ2) is 6.18. The van der Waals surface area contributed by atoms with Gasteiger partial charge in [0.2, 0.25) is 0 Å².